The first kappa shape index (κ1) is 13.2. The summed E-state index contributed by atoms with van der Waals surface area (Å²) in [5.74, 6) is -2.81. The van der Waals surface area contributed by atoms with E-state index in [1.165, 1.54) is 12.1 Å². The van der Waals surface area contributed by atoms with Crippen molar-refractivity contribution in [3.63, 3.8) is 0 Å². The molecular formula is C14H9F2NO4. The van der Waals surface area contributed by atoms with Crippen molar-refractivity contribution in [2.75, 3.05) is 12.1 Å². The maximum atomic E-state index is 13.6. The molecule has 0 aromatic heterocycles. The molecule has 0 spiro atoms. The fraction of sp³-hybridized carbons (Fsp3) is 0.0714. The smallest absolute Gasteiger partial charge is 0.262 e. The summed E-state index contributed by atoms with van der Waals surface area (Å²) >= 11 is 0. The molecule has 0 bridgehead atoms. The molecule has 2 aromatic carbocycles. The van der Waals surface area contributed by atoms with E-state index in [9.17, 15) is 18.7 Å². The molecule has 108 valence electrons. The van der Waals surface area contributed by atoms with Crippen LogP contribution in [0.25, 0.3) is 0 Å². The van der Waals surface area contributed by atoms with Crippen LogP contribution in [0, 0.1) is 11.6 Å². The van der Waals surface area contributed by atoms with E-state index in [2.05, 4.69) is 5.32 Å². The van der Waals surface area contributed by atoms with Crippen LogP contribution in [0.2, 0.25) is 0 Å². The van der Waals surface area contributed by atoms with Crippen LogP contribution < -0.4 is 14.8 Å². The Balaban J connectivity index is 1.87. The summed E-state index contributed by atoms with van der Waals surface area (Å²) in [5, 5.41) is 11.9. The molecule has 2 N–H and O–H groups in total. The third kappa shape index (κ3) is 2.45. The third-order valence-electron chi connectivity index (χ3n) is 2.89. The average Bonchev–Trinajstić information content (AvgIpc) is 2.84. The van der Waals surface area contributed by atoms with Gasteiger partial charge in [-0.25, -0.2) is 8.78 Å². The van der Waals surface area contributed by atoms with E-state index in [1.807, 2.05) is 0 Å². The number of carbonyl (C=O) groups excluding carboxylic acids is 1. The summed E-state index contributed by atoms with van der Waals surface area (Å²) in [6.07, 6.45) is 0. The molecule has 1 amide bonds. The molecule has 5 nitrogen and oxygen atoms in total. The van der Waals surface area contributed by atoms with Gasteiger partial charge >= 0.3 is 0 Å². The number of halogens is 2. The molecule has 21 heavy (non-hydrogen) atoms. The largest absolute Gasteiger partial charge is 0.507 e. The van der Waals surface area contributed by atoms with Gasteiger partial charge in [0, 0.05) is 23.9 Å². The lowest BCUT2D eigenvalue weighted by Gasteiger charge is -2.08. The van der Waals surface area contributed by atoms with E-state index in [0.29, 0.717) is 29.3 Å². The van der Waals surface area contributed by atoms with E-state index >= 15 is 0 Å². The maximum Gasteiger partial charge on any atom is 0.262 e. The highest BCUT2D eigenvalue weighted by Gasteiger charge is 2.20. The number of nitrogens with one attached hydrogen (secondary N) is 1. The molecule has 3 rings (SSSR count). The van der Waals surface area contributed by atoms with Crippen molar-refractivity contribution in [2.45, 2.75) is 0 Å². The summed E-state index contributed by atoms with van der Waals surface area (Å²) in [6, 6.07) is 5.80. The first-order valence-electron chi connectivity index (χ1n) is 5.93. The summed E-state index contributed by atoms with van der Waals surface area (Å²) in [4.78, 5) is 12.0. The zero-order chi connectivity index (χ0) is 15.0. The number of rotatable bonds is 2. The molecule has 1 aliphatic heterocycles. The van der Waals surface area contributed by atoms with Crippen molar-refractivity contribution in [1.29, 1.82) is 0 Å². The van der Waals surface area contributed by atoms with Crippen LogP contribution in [0.1, 0.15) is 10.4 Å². The van der Waals surface area contributed by atoms with Gasteiger partial charge in [-0.05, 0) is 12.1 Å². The third-order valence-corrected chi connectivity index (χ3v) is 2.89. The molecule has 1 aliphatic rings. The average molecular weight is 293 g/mol. The Labute approximate surface area is 117 Å². The van der Waals surface area contributed by atoms with Gasteiger partial charge in [0.1, 0.15) is 22.9 Å². The van der Waals surface area contributed by atoms with E-state index < -0.39 is 28.9 Å². The predicted octanol–water partition coefficient (Wildman–Crippen LogP) is 2.65. The Morgan fingerprint density at radius 2 is 1.90 bits per heavy atom. The quantitative estimate of drug-likeness (QED) is 0.893. The SMILES string of the molecule is O=C(Nc1ccc2c(c1)OCO2)c1c(O)cc(F)cc1F. The van der Waals surface area contributed by atoms with Gasteiger partial charge in [-0.2, -0.15) is 0 Å². The van der Waals surface area contributed by atoms with Gasteiger partial charge in [0.05, 0.1) is 0 Å². The van der Waals surface area contributed by atoms with Gasteiger partial charge in [-0.1, -0.05) is 0 Å². The number of fused-ring (bicyclic) bond motifs is 1. The Morgan fingerprint density at radius 1 is 1.14 bits per heavy atom. The Kier molecular flexibility index (Phi) is 3.09. The summed E-state index contributed by atoms with van der Waals surface area (Å²) in [6.45, 7) is 0.0834. The zero-order valence-electron chi connectivity index (χ0n) is 10.5. The topological polar surface area (TPSA) is 67.8 Å². The Bertz CT molecular complexity index is 710. The molecule has 7 heteroatoms. The molecule has 0 atom stereocenters. The Hall–Kier alpha value is -2.83. The summed E-state index contributed by atoms with van der Waals surface area (Å²) in [7, 11) is 0. The molecule has 0 unspecified atom stereocenters. The summed E-state index contributed by atoms with van der Waals surface area (Å²) < 4.78 is 36.7. The van der Waals surface area contributed by atoms with Crippen LogP contribution in [-0.4, -0.2) is 17.8 Å². The first-order valence-corrected chi connectivity index (χ1v) is 5.93. The highest BCUT2D eigenvalue weighted by molar-refractivity contribution is 6.06. The van der Waals surface area contributed by atoms with Crippen LogP contribution in [-0.2, 0) is 0 Å². The predicted molar refractivity (Wildman–Crippen MR) is 68.5 cm³/mol. The minimum Gasteiger partial charge on any atom is -0.507 e. The maximum absolute atomic E-state index is 13.6. The van der Waals surface area contributed by atoms with Crippen LogP contribution >= 0.6 is 0 Å². The molecule has 0 saturated carbocycles. The van der Waals surface area contributed by atoms with Crippen molar-refractivity contribution in [3.05, 3.63) is 47.5 Å². The van der Waals surface area contributed by atoms with Crippen molar-refractivity contribution >= 4 is 11.6 Å². The van der Waals surface area contributed by atoms with Crippen molar-refractivity contribution < 1.29 is 28.2 Å². The lowest BCUT2D eigenvalue weighted by Crippen LogP contribution is -2.14. The summed E-state index contributed by atoms with van der Waals surface area (Å²) in [5.41, 5.74) is -0.304. The minimum absolute atomic E-state index is 0.0834. The van der Waals surface area contributed by atoms with Crippen molar-refractivity contribution in [2.24, 2.45) is 0 Å². The lowest BCUT2D eigenvalue weighted by atomic mass is 10.1. The molecular weight excluding hydrogens is 284 g/mol. The fourth-order valence-corrected chi connectivity index (χ4v) is 1.95. The number of hydrogen-bond acceptors (Lipinski definition) is 4. The molecule has 1 heterocycles. The molecule has 0 aliphatic carbocycles. The van der Waals surface area contributed by atoms with Gasteiger partial charge in [-0.15, -0.1) is 0 Å². The number of anilines is 1. The van der Waals surface area contributed by atoms with E-state index in [4.69, 9.17) is 9.47 Å². The number of benzene rings is 2. The number of carbonyl (C=O) groups is 1. The Morgan fingerprint density at radius 3 is 2.67 bits per heavy atom. The van der Waals surface area contributed by atoms with E-state index in [0.717, 1.165) is 0 Å². The minimum atomic E-state index is -1.15. The van der Waals surface area contributed by atoms with Crippen LogP contribution in [0.4, 0.5) is 14.5 Å². The van der Waals surface area contributed by atoms with Crippen LogP contribution in [0.5, 0.6) is 17.2 Å². The van der Waals surface area contributed by atoms with E-state index in [1.54, 1.807) is 6.07 Å². The highest BCUT2D eigenvalue weighted by atomic mass is 19.1. The lowest BCUT2D eigenvalue weighted by molar-refractivity contribution is 0.102. The second kappa shape index (κ2) is 4.93. The van der Waals surface area contributed by atoms with Gasteiger partial charge in [0.25, 0.3) is 5.91 Å². The number of phenolic OH excluding ortho intramolecular Hbond substituents is 1. The number of ether oxygens (including phenoxy) is 2. The van der Waals surface area contributed by atoms with E-state index in [-0.39, 0.29) is 6.79 Å². The van der Waals surface area contributed by atoms with Gasteiger partial charge in [-0.3, -0.25) is 4.79 Å². The molecule has 0 saturated heterocycles. The van der Waals surface area contributed by atoms with Crippen molar-refractivity contribution in [1.82, 2.24) is 0 Å². The second-order valence-corrected chi connectivity index (χ2v) is 4.30. The zero-order valence-corrected chi connectivity index (χ0v) is 10.5. The number of aromatic hydroxyl groups is 1. The van der Waals surface area contributed by atoms with Gasteiger partial charge in [0.2, 0.25) is 6.79 Å². The van der Waals surface area contributed by atoms with Crippen LogP contribution in [0.15, 0.2) is 30.3 Å². The second-order valence-electron chi connectivity index (χ2n) is 4.30. The normalized spacial score (nSPS) is 12.3. The standard InChI is InChI=1S/C14H9F2NO4/c15-7-3-9(16)13(10(18)4-7)14(19)17-8-1-2-11-12(5-8)21-6-20-11/h1-5,18H,6H2,(H,17,19). The highest BCUT2D eigenvalue weighted by Crippen LogP contribution is 2.34. The fourth-order valence-electron chi connectivity index (χ4n) is 1.95. The first-order chi connectivity index (χ1) is 10.0. The number of phenols is 1. The van der Waals surface area contributed by atoms with Gasteiger partial charge in [0.15, 0.2) is 11.5 Å². The molecule has 2 aromatic rings. The van der Waals surface area contributed by atoms with Crippen LogP contribution in [0.3, 0.4) is 0 Å². The number of hydrogen-bond donors (Lipinski definition) is 2. The molecule has 0 fully saturated rings. The monoisotopic (exact) mass is 293 g/mol. The molecule has 0 radical (unpaired) electrons. The van der Waals surface area contributed by atoms with Crippen molar-refractivity contribution in [3.8, 4) is 17.2 Å². The van der Waals surface area contributed by atoms with Gasteiger partial charge < -0.3 is 19.9 Å². The number of amides is 1.